The molecule has 1 amide bonds. The maximum absolute atomic E-state index is 13.9. The van der Waals surface area contributed by atoms with E-state index in [2.05, 4.69) is 5.32 Å². The van der Waals surface area contributed by atoms with Crippen molar-refractivity contribution in [3.8, 4) is 5.75 Å². The highest BCUT2D eigenvalue weighted by molar-refractivity contribution is 7.89. The highest BCUT2D eigenvalue weighted by Gasteiger charge is 2.31. The molecule has 1 unspecified atom stereocenters. The first-order valence-corrected chi connectivity index (χ1v) is 11.8. The molecule has 10 nitrogen and oxygen atoms in total. The van der Waals surface area contributed by atoms with Crippen LogP contribution in [0.15, 0.2) is 41.3 Å². The molecule has 2 aromatic carbocycles. The summed E-state index contributed by atoms with van der Waals surface area (Å²) in [7, 11) is -2.73. The number of carbonyl (C=O) groups excluding carboxylic acids is 1. The van der Waals surface area contributed by atoms with Gasteiger partial charge in [0.15, 0.2) is 5.75 Å². The molecule has 2 aromatic rings. The molecule has 1 fully saturated rings. The van der Waals surface area contributed by atoms with E-state index in [1.54, 1.807) is 11.8 Å². The van der Waals surface area contributed by atoms with E-state index >= 15 is 0 Å². The van der Waals surface area contributed by atoms with Gasteiger partial charge in [0.05, 0.1) is 29.5 Å². The third kappa shape index (κ3) is 5.66. The number of hydrogen-bond acceptors (Lipinski definition) is 7. The number of rotatable bonds is 8. The third-order valence-electron chi connectivity index (χ3n) is 5.49. The molecule has 1 N–H and O–H groups in total. The maximum Gasteiger partial charge on any atom is 0.312 e. The van der Waals surface area contributed by atoms with Crippen LogP contribution in [0.2, 0.25) is 0 Å². The van der Waals surface area contributed by atoms with E-state index in [1.165, 1.54) is 29.6 Å². The Balaban J connectivity index is 1.59. The van der Waals surface area contributed by atoms with Gasteiger partial charge in [0.25, 0.3) is 0 Å². The number of halogens is 2. The quantitative estimate of drug-likeness (QED) is 0.437. The first kappa shape index (κ1) is 25.5. The number of sulfonamides is 1. The van der Waals surface area contributed by atoms with Crippen molar-refractivity contribution in [2.24, 2.45) is 0 Å². The minimum absolute atomic E-state index is 0.0327. The maximum atomic E-state index is 13.9. The number of nitrogens with one attached hydrogen (secondary N) is 1. The monoisotopic (exact) mass is 498 g/mol. The van der Waals surface area contributed by atoms with E-state index in [9.17, 15) is 32.1 Å². The summed E-state index contributed by atoms with van der Waals surface area (Å²) in [6, 6.07) is 5.88. The van der Waals surface area contributed by atoms with Crippen LogP contribution in [0.1, 0.15) is 18.5 Å². The Hall–Kier alpha value is -3.16. The standard InChI is InChI=1S/C21H24F2N4O6S/c1-14(17-5-3-15(22)11-18(17)23)24-21(28)13-25-7-9-26(10-8-25)34(31,32)16-4-6-20(33-2)19(12-16)27(29)30/h3-6,11-12,14H,7-10,13H2,1-2H3,(H,24,28). The number of carbonyl (C=O) groups is 1. The number of ether oxygens (including phenoxy) is 1. The second kappa shape index (κ2) is 10.4. The van der Waals surface area contributed by atoms with Gasteiger partial charge < -0.3 is 10.1 Å². The summed E-state index contributed by atoms with van der Waals surface area (Å²) in [6.07, 6.45) is 0. The van der Waals surface area contributed by atoms with E-state index < -0.39 is 44.2 Å². The Bertz CT molecular complexity index is 1190. The summed E-state index contributed by atoms with van der Waals surface area (Å²) in [5.41, 5.74) is -0.301. The predicted molar refractivity (Wildman–Crippen MR) is 118 cm³/mol. The molecule has 0 aromatic heterocycles. The number of hydrogen-bond donors (Lipinski definition) is 1. The lowest BCUT2D eigenvalue weighted by Crippen LogP contribution is -2.51. The van der Waals surface area contributed by atoms with Gasteiger partial charge in [-0.05, 0) is 25.1 Å². The molecule has 1 atom stereocenters. The van der Waals surface area contributed by atoms with Gasteiger partial charge in [-0.3, -0.25) is 19.8 Å². The first-order chi connectivity index (χ1) is 16.0. The van der Waals surface area contributed by atoms with E-state index in [-0.39, 0.29) is 48.9 Å². The van der Waals surface area contributed by atoms with E-state index in [0.29, 0.717) is 0 Å². The van der Waals surface area contributed by atoms with Crippen molar-refractivity contribution in [2.75, 3.05) is 39.8 Å². The zero-order valence-electron chi connectivity index (χ0n) is 18.5. The fraction of sp³-hybridized carbons (Fsp3) is 0.381. The lowest BCUT2D eigenvalue weighted by atomic mass is 10.1. The molecule has 0 saturated carbocycles. The van der Waals surface area contributed by atoms with Crippen LogP contribution < -0.4 is 10.1 Å². The van der Waals surface area contributed by atoms with Gasteiger partial charge in [-0.15, -0.1) is 0 Å². The third-order valence-corrected chi connectivity index (χ3v) is 7.38. The van der Waals surface area contributed by atoms with E-state index in [4.69, 9.17) is 4.74 Å². The zero-order chi connectivity index (χ0) is 25.0. The number of nitrogens with zero attached hydrogens (tertiary/aromatic N) is 3. The SMILES string of the molecule is COc1ccc(S(=O)(=O)N2CCN(CC(=O)NC(C)c3ccc(F)cc3F)CC2)cc1[N+](=O)[O-]. The van der Waals surface area contributed by atoms with Crippen LogP contribution in [0.5, 0.6) is 5.75 Å². The summed E-state index contributed by atoms with van der Waals surface area (Å²) in [4.78, 5) is 24.4. The summed E-state index contributed by atoms with van der Waals surface area (Å²) >= 11 is 0. The molecule has 1 saturated heterocycles. The molecule has 3 rings (SSSR count). The Labute approximate surface area is 195 Å². The van der Waals surface area contributed by atoms with Crippen LogP contribution in [-0.4, -0.2) is 68.3 Å². The summed E-state index contributed by atoms with van der Waals surface area (Å²) in [6.45, 7) is 2.21. The summed E-state index contributed by atoms with van der Waals surface area (Å²) < 4.78 is 59.0. The van der Waals surface area contributed by atoms with Crippen LogP contribution in [0.4, 0.5) is 14.5 Å². The minimum Gasteiger partial charge on any atom is -0.490 e. The molecular formula is C21H24F2N4O6S. The molecule has 34 heavy (non-hydrogen) atoms. The lowest BCUT2D eigenvalue weighted by molar-refractivity contribution is -0.386. The molecule has 0 aliphatic carbocycles. The Kier molecular flexibility index (Phi) is 7.79. The van der Waals surface area contributed by atoms with Crippen molar-refractivity contribution in [3.05, 3.63) is 63.7 Å². The number of benzene rings is 2. The Morgan fingerprint density at radius 3 is 2.44 bits per heavy atom. The van der Waals surface area contributed by atoms with Gasteiger partial charge in [-0.1, -0.05) is 6.07 Å². The molecule has 1 aliphatic rings. The zero-order valence-corrected chi connectivity index (χ0v) is 19.3. The minimum atomic E-state index is -3.98. The normalized spacial score (nSPS) is 16.1. The van der Waals surface area contributed by atoms with Gasteiger partial charge in [-0.2, -0.15) is 4.31 Å². The van der Waals surface area contributed by atoms with Gasteiger partial charge in [0, 0.05) is 43.9 Å². The van der Waals surface area contributed by atoms with Gasteiger partial charge in [0.1, 0.15) is 11.6 Å². The van der Waals surface area contributed by atoms with Crippen molar-refractivity contribution < 1.29 is 31.7 Å². The van der Waals surface area contributed by atoms with Gasteiger partial charge >= 0.3 is 5.69 Å². The first-order valence-electron chi connectivity index (χ1n) is 10.3. The number of amides is 1. The highest BCUT2D eigenvalue weighted by Crippen LogP contribution is 2.30. The summed E-state index contributed by atoms with van der Waals surface area (Å²) in [5.74, 6) is -1.91. The van der Waals surface area contributed by atoms with Crippen molar-refractivity contribution >= 4 is 21.6 Å². The van der Waals surface area contributed by atoms with Crippen molar-refractivity contribution in [1.82, 2.24) is 14.5 Å². The van der Waals surface area contributed by atoms with E-state index in [0.717, 1.165) is 18.2 Å². The molecule has 184 valence electrons. The molecular weight excluding hydrogens is 474 g/mol. The second-order valence-corrected chi connectivity index (χ2v) is 9.66. The predicted octanol–water partition coefficient (Wildman–Crippen LogP) is 2.07. The molecule has 1 aliphatic heterocycles. The number of nitro benzene ring substituents is 1. The highest BCUT2D eigenvalue weighted by atomic mass is 32.2. The fourth-order valence-electron chi connectivity index (χ4n) is 3.67. The fourth-order valence-corrected chi connectivity index (χ4v) is 5.11. The Morgan fingerprint density at radius 2 is 1.85 bits per heavy atom. The van der Waals surface area contributed by atoms with Crippen LogP contribution in [0.3, 0.4) is 0 Å². The van der Waals surface area contributed by atoms with E-state index in [1.807, 2.05) is 0 Å². The van der Waals surface area contributed by atoms with Crippen molar-refractivity contribution in [1.29, 1.82) is 0 Å². The van der Waals surface area contributed by atoms with Crippen LogP contribution >= 0.6 is 0 Å². The van der Waals surface area contributed by atoms with Crippen LogP contribution in [-0.2, 0) is 14.8 Å². The average Bonchev–Trinajstić information content (AvgIpc) is 2.78. The summed E-state index contributed by atoms with van der Waals surface area (Å²) in [5, 5.41) is 13.9. The average molecular weight is 499 g/mol. The lowest BCUT2D eigenvalue weighted by Gasteiger charge is -2.33. The Morgan fingerprint density at radius 1 is 1.18 bits per heavy atom. The number of nitro groups is 1. The molecule has 0 spiro atoms. The van der Waals surface area contributed by atoms with Crippen LogP contribution in [0, 0.1) is 21.7 Å². The topological polar surface area (TPSA) is 122 Å². The van der Waals surface area contributed by atoms with Crippen molar-refractivity contribution in [2.45, 2.75) is 17.9 Å². The number of piperazine rings is 1. The second-order valence-electron chi connectivity index (χ2n) is 7.73. The number of methoxy groups -OCH3 is 1. The largest absolute Gasteiger partial charge is 0.490 e. The smallest absolute Gasteiger partial charge is 0.312 e. The molecule has 0 radical (unpaired) electrons. The molecule has 13 heteroatoms. The van der Waals surface area contributed by atoms with Crippen molar-refractivity contribution in [3.63, 3.8) is 0 Å². The van der Waals surface area contributed by atoms with Gasteiger partial charge in [-0.25, -0.2) is 17.2 Å². The van der Waals surface area contributed by atoms with Gasteiger partial charge in [0.2, 0.25) is 15.9 Å². The molecule has 1 heterocycles. The molecule has 0 bridgehead atoms. The van der Waals surface area contributed by atoms with Crippen LogP contribution in [0.25, 0.3) is 0 Å².